The first-order valence-corrected chi connectivity index (χ1v) is 15.4. The van der Waals surface area contributed by atoms with Crippen LogP contribution in [0.2, 0.25) is 18.1 Å². The summed E-state index contributed by atoms with van der Waals surface area (Å²) < 4.78 is 4.79. The van der Waals surface area contributed by atoms with E-state index in [0.717, 1.165) is 5.52 Å². The molecule has 6 rings (SSSR count). The van der Waals surface area contributed by atoms with E-state index in [0.29, 0.717) is 5.69 Å². The van der Waals surface area contributed by atoms with Gasteiger partial charge in [-0.15, -0.1) is 0 Å². The average Bonchev–Trinajstić information content (AvgIpc) is 3.20. The SMILES string of the molecule is [C-]#[N+]c1ccc2c3cc(C)c(C)c4c3n(c2c1)c1cc([Si](CC)(CC)CC)cc2cc[n+](C)c4c21. The van der Waals surface area contributed by atoms with Crippen molar-refractivity contribution in [2.45, 2.75) is 52.8 Å². The predicted octanol–water partition coefficient (Wildman–Crippen LogP) is 7.70. The predicted molar refractivity (Wildman–Crippen MR) is 152 cm³/mol. The van der Waals surface area contributed by atoms with Crippen LogP contribution < -0.4 is 9.75 Å². The Labute approximate surface area is 207 Å². The number of aromatic nitrogens is 2. The molecule has 0 saturated carbocycles. The first kappa shape index (κ1) is 22.1. The third-order valence-electron chi connectivity index (χ3n) is 9.02. The number of benzene rings is 3. The lowest BCUT2D eigenvalue weighted by atomic mass is 9.96. The molecule has 3 aromatic heterocycles. The molecule has 0 N–H and O–H groups in total. The van der Waals surface area contributed by atoms with Crippen molar-refractivity contribution in [2.24, 2.45) is 7.05 Å². The van der Waals surface area contributed by atoms with Crippen LogP contribution in [0.4, 0.5) is 5.69 Å². The quantitative estimate of drug-likeness (QED) is 0.0816. The van der Waals surface area contributed by atoms with Crippen molar-refractivity contribution in [1.29, 1.82) is 0 Å². The zero-order chi connectivity index (χ0) is 24.6. The summed E-state index contributed by atoms with van der Waals surface area (Å²) in [4.78, 5) is 3.79. The molecule has 0 unspecified atom stereocenters. The van der Waals surface area contributed by atoms with E-state index >= 15 is 0 Å². The number of pyridine rings is 2. The highest BCUT2D eigenvalue weighted by molar-refractivity contribution is 6.92. The van der Waals surface area contributed by atoms with Crippen molar-refractivity contribution < 1.29 is 4.57 Å². The fourth-order valence-electron chi connectivity index (χ4n) is 6.63. The standard InChI is InChI=1S/C31H32N3Si/c1-8-35(9-2,10-3)23-16-21-13-14-33(7)31-28-20(5)19(4)15-25-24-12-11-22(32-6)17-26(24)34(30(25)28)27(18-23)29(21)31/h11-18H,8-10H2,1-5,7H3/q+1. The zero-order valence-electron chi connectivity index (χ0n) is 21.6. The van der Waals surface area contributed by atoms with Crippen LogP contribution in [-0.4, -0.2) is 12.5 Å². The molecular weight excluding hydrogens is 442 g/mol. The topological polar surface area (TPSA) is 12.6 Å². The van der Waals surface area contributed by atoms with Crippen LogP contribution >= 0.6 is 0 Å². The molecule has 0 spiro atoms. The summed E-state index contributed by atoms with van der Waals surface area (Å²) in [6.07, 6.45) is 2.24. The van der Waals surface area contributed by atoms with Crippen molar-refractivity contribution in [1.82, 2.24) is 4.40 Å². The molecule has 3 heterocycles. The Bertz CT molecular complexity index is 1840. The van der Waals surface area contributed by atoms with Crippen LogP contribution in [0.3, 0.4) is 0 Å². The van der Waals surface area contributed by atoms with Crippen molar-refractivity contribution in [3.05, 3.63) is 71.2 Å². The summed E-state index contributed by atoms with van der Waals surface area (Å²) in [6.45, 7) is 19.3. The minimum absolute atomic E-state index is 0.697. The Morgan fingerprint density at radius 2 is 1.63 bits per heavy atom. The zero-order valence-corrected chi connectivity index (χ0v) is 22.6. The number of nitrogens with zero attached hydrogens (tertiary/aromatic N) is 3. The summed E-state index contributed by atoms with van der Waals surface area (Å²) in [5.41, 5.74) is 8.38. The summed E-state index contributed by atoms with van der Waals surface area (Å²) in [7, 11) is 0.586. The molecule has 0 saturated heterocycles. The molecule has 0 radical (unpaired) electrons. The van der Waals surface area contributed by atoms with Crippen molar-refractivity contribution >= 4 is 67.9 Å². The lowest BCUT2D eigenvalue weighted by molar-refractivity contribution is -0.643. The Morgan fingerprint density at radius 1 is 0.886 bits per heavy atom. The van der Waals surface area contributed by atoms with E-state index in [4.69, 9.17) is 6.57 Å². The number of aryl methyl sites for hydroxylation is 3. The fraction of sp³-hybridized carbons (Fsp3) is 0.290. The van der Waals surface area contributed by atoms with Gasteiger partial charge in [0.2, 0.25) is 5.52 Å². The lowest BCUT2D eigenvalue weighted by Crippen LogP contribution is -2.45. The summed E-state index contributed by atoms with van der Waals surface area (Å²) >= 11 is 0. The Morgan fingerprint density at radius 3 is 2.31 bits per heavy atom. The molecule has 0 aliphatic rings. The van der Waals surface area contributed by atoms with Gasteiger partial charge < -0.3 is 4.40 Å². The second kappa shape index (κ2) is 7.54. The molecule has 3 aromatic carbocycles. The van der Waals surface area contributed by atoms with Gasteiger partial charge >= 0.3 is 0 Å². The van der Waals surface area contributed by atoms with Crippen LogP contribution in [0.25, 0.3) is 53.8 Å². The number of rotatable bonds is 4. The number of hydrogen-bond donors (Lipinski definition) is 0. The van der Waals surface area contributed by atoms with Crippen molar-refractivity contribution in [2.75, 3.05) is 0 Å². The van der Waals surface area contributed by atoms with Gasteiger partial charge in [-0.05, 0) is 48.6 Å². The second-order valence-electron chi connectivity index (χ2n) is 10.3. The van der Waals surface area contributed by atoms with E-state index in [2.05, 4.69) is 98.1 Å². The van der Waals surface area contributed by atoms with Crippen LogP contribution in [-0.2, 0) is 7.05 Å². The van der Waals surface area contributed by atoms with E-state index in [1.165, 1.54) is 72.7 Å². The van der Waals surface area contributed by atoms with Gasteiger partial charge in [-0.3, -0.25) is 0 Å². The van der Waals surface area contributed by atoms with E-state index in [1.807, 2.05) is 6.07 Å². The highest BCUT2D eigenvalue weighted by atomic mass is 28.3. The smallest absolute Gasteiger partial charge is 0.224 e. The second-order valence-corrected chi connectivity index (χ2v) is 15.6. The fourth-order valence-corrected chi connectivity index (χ4v) is 10.3. The van der Waals surface area contributed by atoms with Gasteiger partial charge in [-0.25, -0.2) is 9.41 Å². The molecule has 0 bridgehead atoms. The number of hydrogen-bond acceptors (Lipinski definition) is 0. The van der Waals surface area contributed by atoms with E-state index < -0.39 is 8.07 Å². The van der Waals surface area contributed by atoms with Crippen molar-refractivity contribution in [3.63, 3.8) is 0 Å². The molecule has 4 heteroatoms. The largest absolute Gasteiger partial charge is 0.309 e. The van der Waals surface area contributed by atoms with Gasteiger partial charge in [-0.1, -0.05) is 62.3 Å². The molecule has 0 fully saturated rings. The van der Waals surface area contributed by atoms with Crippen LogP contribution in [0.15, 0.2) is 48.7 Å². The molecule has 3 nitrogen and oxygen atoms in total. The third kappa shape index (κ3) is 2.73. The highest BCUT2D eigenvalue weighted by Crippen LogP contribution is 2.42. The highest BCUT2D eigenvalue weighted by Gasteiger charge is 2.32. The average molecular weight is 475 g/mol. The van der Waals surface area contributed by atoms with Gasteiger partial charge in [0.15, 0.2) is 11.9 Å². The molecule has 174 valence electrons. The van der Waals surface area contributed by atoms with Gasteiger partial charge in [0, 0.05) is 22.4 Å². The minimum atomic E-state index is -1.59. The van der Waals surface area contributed by atoms with E-state index in [-0.39, 0.29) is 0 Å². The molecule has 0 aliphatic carbocycles. The molecular formula is C31H32N3Si+. The molecule has 0 amide bonds. The van der Waals surface area contributed by atoms with Crippen LogP contribution in [0.5, 0.6) is 0 Å². The maximum absolute atomic E-state index is 7.67. The lowest BCUT2D eigenvalue weighted by Gasteiger charge is -2.29. The third-order valence-corrected chi connectivity index (χ3v) is 14.6. The van der Waals surface area contributed by atoms with Gasteiger partial charge in [-0.2, -0.15) is 0 Å². The first-order valence-electron chi connectivity index (χ1n) is 12.8. The summed E-state index contributed by atoms with van der Waals surface area (Å²) in [5, 5.41) is 8.08. The Kier molecular flexibility index (Phi) is 4.75. The monoisotopic (exact) mass is 474 g/mol. The Balaban J connectivity index is 2.00. The van der Waals surface area contributed by atoms with E-state index in [1.54, 1.807) is 5.19 Å². The number of fused-ring (bicyclic) bond motifs is 5. The minimum Gasteiger partial charge on any atom is -0.309 e. The maximum Gasteiger partial charge on any atom is 0.224 e. The maximum atomic E-state index is 7.67. The molecule has 6 aromatic rings. The van der Waals surface area contributed by atoms with Crippen LogP contribution in [0, 0.1) is 20.4 Å². The summed E-state index contributed by atoms with van der Waals surface area (Å²) in [6, 6.07) is 19.7. The van der Waals surface area contributed by atoms with E-state index in [9.17, 15) is 0 Å². The molecule has 0 aliphatic heterocycles. The van der Waals surface area contributed by atoms with Crippen molar-refractivity contribution in [3.8, 4) is 0 Å². The normalized spacial score (nSPS) is 12.6. The molecule has 35 heavy (non-hydrogen) atoms. The van der Waals surface area contributed by atoms with Gasteiger partial charge in [0.05, 0.1) is 36.5 Å². The first-order chi connectivity index (χ1) is 16.9. The van der Waals surface area contributed by atoms with Crippen LogP contribution in [0.1, 0.15) is 31.9 Å². The molecule has 0 atom stereocenters. The van der Waals surface area contributed by atoms with Gasteiger partial charge in [0.1, 0.15) is 7.05 Å². The summed E-state index contributed by atoms with van der Waals surface area (Å²) in [5.74, 6) is 0. The van der Waals surface area contributed by atoms with Gasteiger partial charge in [0.25, 0.3) is 0 Å². The Hall–Kier alpha value is -3.42.